The molecule has 0 aliphatic carbocycles. The standard InChI is InChI=1S/C23H26FN3O2/c1-16-20(21-12-19(24)6-7-22(21)26-16)13-23(28)25-14-17-2-4-18(5-3-17)15-27-8-10-29-11-9-27/h2-7,12,26H,8-11,13-15H2,1H3,(H,25,28). The van der Waals surface area contributed by atoms with Crippen molar-refractivity contribution in [2.45, 2.75) is 26.4 Å². The molecule has 152 valence electrons. The van der Waals surface area contributed by atoms with Crippen molar-refractivity contribution in [3.8, 4) is 0 Å². The first-order valence-corrected chi connectivity index (χ1v) is 10.00. The number of rotatable bonds is 6. The fraction of sp³-hybridized carbons (Fsp3) is 0.348. The van der Waals surface area contributed by atoms with Crippen LogP contribution < -0.4 is 5.32 Å². The second-order valence-corrected chi connectivity index (χ2v) is 7.58. The van der Waals surface area contributed by atoms with Crippen LogP contribution in [0.15, 0.2) is 42.5 Å². The van der Waals surface area contributed by atoms with E-state index >= 15 is 0 Å². The molecule has 0 spiro atoms. The predicted octanol–water partition coefficient (Wildman–Crippen LogP) is 3.31. The fourth-order valence-electron chi connectivity index (χ4n) is 3.79. The molecule has 1 aromatic heterocycles. The smallest absolute Gasteiger partial charge is 0.224 e. The first-order chi connectivity index (χ1) is 14.1. The monoisotopic (exact) mass is 395 g/mol. The van der Waals surface area contributed by atoms with Crippen LogP contribution in [0, 0.1) is 12.7 Å². The maximum absolute atomic E-state index is 13.6. The number of nitrogens with one attached hydrogen (secondary N) is 2. The third kappa shape index (κ3) is 4.83. The van der Waals surface area contributed by atoms with Crippen LogP contribution in [0.4, 0.5) is 4.39 Å². The van der Waals surface area contributed by atoms with Gasteiger partial charge in [-0.25, -0.2) is 4.39 Å². The van der Waals surface area contributed by atoms with E-state index in [4.69, 9.17) is 4.74 Å². The van der Waals surface area contributed by atoms with Crippen LogP contribution in [-0.4, -0.2) is 42.1 Å². The molecular formula is C23H26FN3O2. The maximum atomic E-state index is 13.6. The van der Waals surface area contributed by atoms with E-state index in [0.29, 0.717) is 6.54 Å². The first kappa shape index (κ1) is 19.6. The molecule has 1 saturated heterocycles. The number of amides is 1. The quantitative estimate of drug-likeness (QED) is 0.673. The Balaban J connectivity index is 1.33. The summed E-state index contributed by atoms with van der Waals surface area (Å²) in [7, 11) is 0. The molecule has 1 aliphatic rings. The first-order valence-electron chi connectivity index (χ1n) is 10.00. The summed E-state index contributed by atoms with van der Waals surface area (Å²) in [6.07, 6.45) is 0.227. The molecule has 29 heavy (non-hydrogen) atoms. The molecule has 2 heterocycles. The van der Waals surface area contributed by atoms with Gasteiger partial charge < -0.3 is 15.0 Å². The number of halogens is 1. The number of H-pyrrole nitrogens is 1. The fourth-order valence-corrected chi connectivity index (χ4v) is 3.79. The Bertz CT molecular complexity index is 991. The predicted molar refractivity (Wildman–Crippen MR) is 111 cm³/mol. The van der Waals surface area contributed by atoms with E-state index in [1.165, 1.54) is 17.7 Å². The summed E-state index contributed by atoms with van der Waals surface area (Å²) >= 11 is 0. The number of fused-ring (bicyclic) bond motifs is 1. The number of nitrogens with zero attached hydrogens (tertiary/aromatic N) is 1. The molecule has 2 aromatic carbocycles. The molecule has 0 radical (unpaired) electrons. The number of aromatic amines is 1. The van der Waals surface area contributed by atoms with E-state index in [1.807, 2.05) is 6.92 Å². The molecular weight excluding hydrogens is 369 g/mol. The maximum Gasteiger partial charge on any atom is 0.224 e. The van der Waals surface area contributed by atoms with Gasteiger partial charge in [0, 0.05) is 42.8 Å². The van der Waals surface area contributed by atoms with Crippen LogP contribution >= 0.6 is 0 Å². The Labute approximate surface area is 169 Å². The van der Waals surface area contributed by atoms with Gasteiger partial charge in [0.25, 0.3) is 0 Å². The minimum atomic E-state index is -0.296. The van der Waals surface area contributed by atoms with Crippen LogP contribution in [-0.2, 0) is 29.0 Å². The highest BCUT2D eigenvalue weighted by Crippen LogP contribution is 2.23. The van der Waals surface area contributed by atoms with Crippen molar-refractivity contribution in [2.24, 2.45) is 0 Å². The molecule has 6 heteroatoms. The summed E-state index contributed by atoms with van der Waals surface area (Å²) in [5, 5.41) is 3.74. The molecule has 2 N–H and O–H groups in total. The van der Waals surface area contributed by atoms with Crippen molar-refractivity contribution >= 4 is 16.8 Å². The lowest BCUT2D eigenvalue weighted by molar-refractivity contribution is -0.120. The highest BCUT2D eigenvalue weighted by Gasteiger charge is 2.14. The second kappa shape index (κ2) is 8.76. The van der Waals surface area contributed by atoms with Gasteiger partial charge in [0.2, 0.25) is 5.91 Å². The molecule has 0 saturated carbocycles. The number of ether oxygens (including phenoxy) is 1. The summed E-state index contributed by atoms with van der Waals surface area (Å²) in [6.45, 7) is 6.84. The minimum absolute atomic E-state index is 0.0735. The van der Waals surface area contributed by atoms with Gasteiger partial charge in [-0.05, 0) is 41.8 Å². The van der Waals surface area contributed by atoms with Gasteiger partial charge in [0.1, 0.15) is 5.82 Å². The van der Waals surface area contributed by atoms with Crippen molar-refractivity contribution in [1.82, 2.24) is 15.2 Å². The van der Waals surface area contributed by atoms with Gasteiger partial charge in [-0.3, -0.25) is 9.69 Å². The van der Waals surface area contributed by atoms with Gasteiger partial charge in [0.05, 0.1) is 19.6 Å². The number of hydrogen-bond acceptors (Lipinski definition) is 3. The molecule has 0 atom stereocenters. The summed E-state index contributed by atoms with van der Waals surface area (Å²) < 4.78 is 19.0. The number of hydrogen-bond donors (Lipinski definition) is 2. The van der Waals surface area contributed by atoms with Crippen LogP contribution in [0.3, 0.4) is 0 Å². The van der Waals surface area contributed by atoms with Gasteiger partial charge in [-0.1, -0.05) is 24.3 Å². The van der Waals surface area contributed by atoms with Crippen LogP contribution in [0.5, 0.6) is 0 Å². The normalized spacial score (nSPS) is 15.0. The van der Waals surface area contributed by atoms with Crippen LogP contribution in [0.2, 0.25) is 0 Å². The summed E-state index contributed by atoms with van der Waals surface area (Å²) in [5.74, 6) is -0.369. The van der Waals surface area contributed by atoms with E-state index in [0.717, 1.165) is 60.6 Å². The van der Waals surface area contributed by atoms with E-state index in [1.54, 1.807) is 6.07 Å². The Morgan fingerprint density at radius 3 is 2.62 bits per heavy atom. The SMILES string of the molecule is Cc1[nH]c2ccc(F)cc2c1CC(=O)NCc1ccc(CN2CCOCC2)cc1. The number of aryl methyl sites for hydroxylation is 1. The van der Waals surface area contributed by atoms with E-state index in [2.05, 4.69) is 39.5 Å². The topological polar surface area (TPSA) is 57.4 Å². The van der Waals surface area contributed by atoms with E-state index in [-0.39, 0.29) is 18.1 Å². The third-order valence-corrected chi connectivity index (χ3v) is 5.44. The zero-order valence-electron chi connectivity index (χ0n) is 16.6. The number of carbonyl (C=O) groups excluding carboxylic acids is 1. The zero-order chi connectivity index (χ0) is 20.2. The average molecular weight is 395 g/mol. The zero-order valence-corrected chi connectivity index (χ0v) is 16.6. The van der Waals surface area contributed by atoms with Crippen LogP contribution in [0.25, 0.3) is 10.9 Å². The Kier molecular flexibility index (Phi) is 5.92. The van der Waals surface area contributed by atoms with E-state index in [9.17, 15) is 9.18 Å². The summed E-state index contributed by atoms with van der Waals surface area (Å²) in [5.41, 5.74) is 4.91. The molecule has 3 aromatic rings. The summed E-state index contributed by atoms with van der Waals surface area (Å²) in [4.78, 5) is 18.1. The molecule has 1 aliphatic heterocycles. The van der Waals surface area contributed by atoms with Crippen molar-refractivity contribution in [3.63, 3.8) is 0 Å². The van der Waals surface area contributed by atoms with E-state index < -0.39 is 0 Å². The lowest BCUT2D eigenvalue weighted by Crippen LogP contribution is -2.35. The Morgan fingerprint density at radius 2 is 1.86 bits per heavy atom. The number of morpholine rings is 1. The Morgan fingerprint density at radius 1 is 1.14 bits per heavy atom. The molecule has 4 rings (SSSR count). The lowest BCUT2D eigenvalue weighted by Gasteiger charge is -2.26. The molecule has 1 amide bonds. The number of aromatic nitrogens is 1. The van der Waals surface area contributed by atoms with Gasteiger partial charge >= 0.3 is 0 Å². The van der Waals surface area contributed by atoms with Crippen molar-refractivity contribution in [1.29, 1.82) is 0 Å². The molecule has 1 fully saturated rings. The third-order valence-electron chi connectivity index (χ3n) is 5.44. The molecule has 0 bridgehead atoms. The van der Waals surface area contributed by atoms with Gasteiger partial charge in [-0.2, -0.15) is 0 Å². The molecule has 0 unspecified atom stereocenters. The van der Waals surface area contributed by atoms with Crippen molar-refractivity contribution in [3.05, 3.63) is 70.7 Å². The van der Waals surface area contributed by atoms with Crippen molar-refractivity contribution < 1.29 is 13.9 Å². The van der Waals surface area contributed by atoms with Gasteiger partial charge in [-0.15, -0.1) is 0 Å². The highest BCUT2D eigenvalue weighted by molar-refractivity contribution is 5.90. The largest absolute Gasteiger partial charge is 0.379 e. The second-order valence-electron chi connectivity index (χ2n) is 7.58. The average Bonchev–Trinajstić information content (AvgIpc) is 3.03. The lowest BCUT2D eigenvalue weighted by atomic mass is 10.1. The molecule has 5 nitrogen and oxygen atoms in total. The number of benzene rings is 2. The minimum Gasteiger partial charge on any atom is -0.379 e. The Hall–Kier alpha value is -2.70. The summed E-state index contributed by atoms with van der Waals surface area (Å²) in [6, 6.07) is 13.0. The number of carbonyl (C=O) groups is 1. The highest BCUT2D eigenvalue weighted by atomic mass is 19.1. The van der Waals surface area contributed by atoms with Gasteiger partial charge in [0.15, 0.2) is 0 Å². The van der Waals surface area contributed by atoms with Crippen molar-refractivity contribution in [2.75, 3.05) is 26.3 Å². The van der Waals surface area contributed by atoms with Crippen LogP contribution in [0.1, 0.15) is 22.4 Å².